The molecular formula is C19H18FNO3. The number of rotatable bonds is 4. The molecule has 0 radical (unpaired) electrons. The van der Waals surface area contributed by atoms with Crippen LogP contribution < -0.4 is 0 Å². The Hall–Kier alpha value is -2.42. The molecule has 0 saturated carbocycles. The highest BCUT2D eigenvalue weighted by atomic mass is 19.1. The van der Waals surface area contributed by atoms with Crippen LogP contribution >= 0.6 is 0 Å². The van der Waals surface area contributed by atoms with Crippen molar-refractivity contribution in [3.05, 3.63) is 59.8 Å². The minimum atomic E-state index is -0.273. The fraction of sp³-hybridized carbons (Fsp3) is 0.316. The van der Waals surface area contributed by atoms with E-state index in [4.69, 9.17) is 9.15 Å². The minimum Gasteiger partial charge on any atom is -0.461 e. The third-order valence-corrected chi connectivity index (χ3v) is 3.93. The van der Waals surface area contributed by atoms with E-state index >= 15 is 0 Å². The van der Waals surface area contributed by atoms with Crippen LogP contribution in [0.2, 0.25) is 0 Å². The average molecular weight is 327 g/mol. The Morgan fingerprint density at radius 2 is 2.12 bits per heavy atom. The maximum atomic E-state index is 12.9. The van der Waals surface area contributed by atoms with Crippen molar-refractivity contribution in [1.29, 1.82) is 0 Å². The van der Waals surface area contributed by atoms with Crippen LogP contribution in [0.5, 0.6) is 0 Å². The van der Waals surface area contributed by atoms with E-state index < -0.39 is 0 Å². The number of hydrogen-bond acceptors (Lipinski definition) is 4. The molecule has 1 saturated heterocycles. The van der Waals surface area contributed by atoms with Gasteiger partial charge in [0.25, 0.3) is 0 Å². The number of carbonyl (C=O) groups excluding carboxylic acids is 1. The summed E-state index contributed by atoms with van der Waals surface area (Å²) in [6.45, 7) is 2.40. The Morgan fingerprint density at radius 3 is 2.88 bits per heavy atom. The number of nitrogens with zero attached hydrogens (tertiary/aromatic N) is 1. The first-order valence-electron chi connectivity index (χ1n) is 7.85. The van der Waals surface area contributed by atoms with Crippen LogP contribution in [0.25, 0.3) is 0 Å². The van der Waals surface area contributed by atoms with E-state index in [1.165, 1.54) is 18.4 Å². The van der Waals surface area contributed by atoms with E-state index in [9.17, 15) is 9.18 Å². The molecule has 0 amide bonds. The van der Waals surface area contributed by atoms with Crippen LogP contribution in [0.1, 0.15) is 22.5 Å². The predicted octanol–water partition coefficient (Wildman–Crippen LogP) is 2.74. The van der Waals surface area contributed by atoms with Gasteiger partial charge in [-0.25, -0.2) is 4.39 Å². The van der Waals surface area contributed by atoms with E-state index in [1.54, 1.807) is 24.3 Å². The first-order valence-corrected chi connectivity index (χ1v) is 7.85. The quantitative estimate of drug-likeness (QED) is 0.640. The summed E-state index contributed by atoms with van der Waals surface area (Å²) in [6, 6.07) is 9.45. The minimum absolute atomic E-state index is 0.0149. The molecule has 0 spiro atoms. The van der Waals surface area contributed by atoms with Crippen molar-refractivity contribution >= 4 is 5.78 Å². The molecule has 3 rings (SSSR count). The number of halogens is 1. The molecule has 24 heavy (non-hydrogen) atoms. The van der Waals surface area contributed by atoms with Gasteiger partial charge < -0.3 is 9.15 Å². The second kappa shape index (κ2) is 7.91. The van der Waals surface area contributed by atoms with Crippen molar-refractivity contribution in [2.24, 2.45) is 0 Å². The molecule has 1 aromatic heterocycles. The summed E-state index contributed by atoms with van der Waals surface area (Å²) in [6.07, 6.45) is 1.84. The summed E-state index contributed by atoms with van der Waals surface area (Å²) in [4.78, 5) is 14.3. The lowest BCUT2D eigenvalue weighted by Gasteiger charge is -2.33. The maximum Gasteiger partial charge on any atom is 0.199 e. The van der Waals surface area contributed by atoms with Gasteiger partial charge in [0, 0.05) is 24.6 Å². The normalized spacial score (nSPS) is 18.0. The number of ether oxygens (including phenoxy) is 1. The van der Waals surface area contributed by atoms with Crippen molar-refractivity contribution < 1.29 is 18.3 Å². The molecule has 0 N–H and O–H groups in total. The molecule has 124 valence electrons. The Labute approximate surface area is 140 Å². The number of hydrogen-bond donors (Lipinski definition) is 0. The number of Topliss-reactive ketones (excluding diaryl/α,β-unsaturated/α-hetero) is 1. The van der Waals surface area contributed by atoms with E-state index in [0.717, 1.165) is 12.1 Å². The second-order valence-electron chi connectivity index (χ2n) is 5.61. The lowest BCUT2D eigenvalue weighted by atomic mass is 10.1. The molecule has 1 fully saturated rings. The van der Waals surface area contributed by atoms with Gasteiger partial charge in [-0.1, -0.05) is 11.8 Å². The molecule has 1 aliphatic heterocycles. The zero-order valence-corrected chi connectivity index (χ0v) is 13.2. The topological polar surface area (TPSA) is 42.7 Å². The van der Waals surface area contributed by atoms with Crippen molar-refractivity contribution in [3.63, 3.8) is 0 Å². The lowest BCUT2D eigenvalue weighted by molar-refractivity contribution is -0.00232. The van der Waals surface area contributed by atoms with Gasteiger partial charge in [-0.2, -0.15) is 0 Å². The first-order chi connectivity index (χ1) is 11.7. The second-order valence-corrected chi connectivity index (χ2v) is 5.61. The first kappa shape index (κ1) is 16.4. The fourth-order valence-electron chi connectivity index (χ4n) is 2.61. The Balaban J connectivity index is 1.60. The third kappa shape index (κ3) is 4.31. The van der Waals surface area contributed by atoms with Gasteiger partial charge in [0.05, 0.1) is 26.0 Å². The molecule has 0 bridgehead atoms. The van der Waals surface area contributed by atoms with Gasteiger partial charge in [0.1, 0.15) is 5.82 Å². The summed E-state index contributed by atoms with van der Waals surface area (Å²) >= 11 is 0. The number of benzene rings is 1. The Morgan fingerprint density at radius 1 is 1.29 bits per heavy atom. The van der Waals surface area contributed by atoms with Gasteiger partial charge in [0.15, 0.2) is 11.5 Å². The molecule has 1 unspecified atom stereocenters. The van der Waals surface area contributed by atoms with Crippen LogP contribution in [0.4, 0.5) is 4.39 Å². The summed E-state index contributed by atoms with van der Waals surface area (Å²) in [5.74, 6) is 6.17. The largest absolute Gasteiger partial charge is 0.461 e. The molecular weight excluding hydrogens is 309 g/mol. The SMILES string of the molecule is O=C(CC1COCCN1CC#Cc1ccc(F)cc1)c1ccco1. The van der Waals surface area contributed by atoms with E-state index in [1.807, 2.05) is 0 Å². The Bertz CT molecular complexity index is 728. The average Bonchev–Trinajstić information content (AvgIpc) is 3.13. The summed E-state index contributed by atoms with van der Waals surface area (Å²) < 4.78 is 23.5. The highest BCUT2D eigenvalue weighted by molar-refractivity contribution is 5.93. The Kier molecular flexibility index (Phi) is 5.42. The number of furan rings is 1. The zero-order valence-electron chi connectivity index (χ0n) is 13.2. The van der Waals surface area contributed by atoms with E-state index in [-0.39, 0.29) is 17.6 Å². The van der Waals surface area contributed by atoms with Crippen LogP contribution in [-0.2, 0) is 4.74 Å². The van der Waals surface area contributed by atoms with Crippen LogP contribution in [0, 0.1) is 17.7 Å². The summed E-state index contributed by atoms with van der Waals surface area (Å²) in [7, 11) is 0. The van der Waals surface area contributed by atoms with Gasteiger partial charge in [-0.3, -0.25) is 9.69 Å². The summed E-state index contributed by atoms with van der Waals surface area (Å²) in [5, 5.41) is 0. The third-order valence-electron chi connectivity index (χ3n) is 3.93. The molecule has 5 heteroatoms. The zero-order chi connectivity index (χ0) is 16.8. The molecule has 1 atom stereocenters. The van der Waals surface area contributed by atoms with Crippen molar-refractivity contribution in [2.75, 3.05) is 26.3 Å². The van der Waals surface area contributed by atoms with Gasteiger partial charge in [-0.05, 0) is 36.4 Å². The molecule has 2 aromatic rings. The molecule has 4 nitrogen and oxygen atoms in total. The van der Waals surface area contributed by atoms with Crippen molar-refractivity contribution in [3.8, 4) is 11.8 Å². The lowest BCUT2D eigenvalue weighted by Crippen LogP contribution is -2.46. The van der Waals surface area contributed by atoms with Gasteiger partial charge in [0.2, 0.25) is 0 Å². The number of ketones is 1. The van der Waals surface area contributed by atoms with E-state index in [0.29, 0.717) is 31.9 Å². The summed E-state index contributed by atoms with van der Waals surface area (Å²) in [5.41, 5.74) is 0.771. The molecule has 1 aliphatic rings. The molecule has 0 aliphatic carbocycles. The predicted molar refractivity (Wildman–Crippen MR) is 87.1 cm³/mol. The highest BCUT2D eigenvalue weighted by Crippen LogP contribution is 2.14. The number of morpholine rings is 1. The molecule has 1 aromatic carbocycles. The monoisotopic (exact) mass is 327 g/mol. The van der Waals surface area contributed by atoms with Gasteiger partial charge >= 0.3 is 0 Å². The van der Waals surface area contributed by atoms with Crippen LogP contribution in [-0.4, -0.2) is 43.0 Å². The highest BCUT2D eigenvalue weighted by Gasteiger charge is 2.25. The smallest absolute Gasteiger partial charge is 0.199 e. The van der Waals surface area contributed by atoms with E-state index in [2.05, 4.69) is 16.7 Å². The molecule has 2 heterocycles. The standard InChI is InChI=1S/C19H18FNO3/c20-16-7-5-15(6-8-16)3-1-9-21-10-12-23-14-17(21)13-18(22)19-4-2-11-24-19/h2,4-8,11,17H,9-10,12-14H2. The van der Waals surface area contributed by atoms with Crippen LogP contribution in [0.3, 0.4) is 0 Å². The van der Waals surface area contributed by atoms with Crippen molar-refractivity contribution in [1.82, 2.24) is 4.90 Å². The fourth-order valence-corrected chi connectivity index (χ4v) is 2.61. The van der Waals surface area contributed by atoms with Crippen LogP contribution in [0.15, 0.2) is 47.1 Å². The van der Waals surface area contributed by atoms with Gasteiger partial charge in [-0.15, -0.1) is 0 Å². The van der Waals surface area contributed by atoms with Crippen molar-refractivity contribution in [2.45, 2.75) is 12.5 Å². The number of carbonyl (C=O) groups is 1. The maximum absolute atomic E-state index is 12.9.